The zero-order valence-electron chi connectivity index (χ0n) is 10.8. The van der Waals surface area contributed by atoms with E-state index in [4.69, 9.17) is 5.26 Å². The lowest BCUT2D eigenvalue weighted by Crippen LogP contribution is -2.19. The molecule has 1 aromatic heterocycles. The van der Waals surface area contributed by atoms with E-state index in [0.29, 0.717) is 17.1 Å². The van der Waals surface area contributed by atoms with E-state index in [9.17, 15) is 4.79 Å². The summed E-state index contributed by atoms with van der Waals surface area (Å²) >= 11 is 1.64. The maximum Gasteiger partial charge on any atom is 0.324 e. The van der Waals surface area contributed by atoms with Crippen LogP contribution in [0.1, 0.15) is 5.56 Å². The van der Waals surface area contributed by atoms with Crippen molar-refractivity contribution in [3.05, 3.63) is 48.2 Å². The minimum Gasteiger partial charge on any atom is -0.308 e. The van der Waals surface area contributed by atoms with Crippen LogP contribution in [-0.2, 0) is 0 Å². The number of nitrogens with zero attached hydrogens (tertiary/aromatic N) is 2. The largest absolute Gasteiger partial charge is 0.324 e. The molecule has 0 atom stereocenters. The van der Waals surface area contributed by atoms with Crippen LogP contribution < -0.4 is 10.6 Å². The molecule has 0 unspecified atom stereocenters. The van der Waals surface area contributed by atoms with Crippen LogP contribution in [0.3, 0.4) is 0 Å². The Labute approximate surface area is 121 Å². The van der Waals surface area contributed by atoms with Crippen molar-refractivity contribution in [2.45, 2.75) is 4.90 Å². The van der Waals surface area contributed by atoms with Crippen molar-refractivity contribution in [2.75, 3.05) is 16.9 Å². The number of benzene rings is 1. The lowest BCUT2D eigenvalue weighted by atomic mass is 10.3. The van der Waals surface area contributed by atoms with Crippen molar-refractivity contribution in [1.29, 1.82) is 5.26 Å². The predicted molar refractivity (Wildman–Crippen MR) is 79.8 cm³/mol. The number of hydrogen-bond donors (Lipinski definition) is 2. The van der Waals surface area contributed by atoms with E-state index in [2.05, 4.69) is 15.6 Å². The number of nitriles is 1. The molecule has 0 radical (unpaired) electrons. The third-order valence-electron chi connectivity index (χ3n) is 2.48. The van der Waals surface area contributed by atoms with Gasteiger partial charge in [-0.1, -0.05) is 0 Å². The first kappa shape index (κ1) is 13.9. The van der Waals surface area contributed by atoms with Gasteiger partial charge in [0.15, 0.2) is 0 Å². The molecule has 0 fully saturated rings. The van der Waals surface area contributed by atoms with Crippen molar-refractivity contribution < 1.29 is 4.79 Å². The van der Waals surface area contributed by atoms with E-state index in [1.807, 2.05) is 36.6 Å². The van der Waals surface area contributed by atoms with E-state index in [-0.39, 0.29) is 6.03 Å². The van der Waals surface area contributed by atoms with Crippen LogP contribution >= 0.6 is 11.8 Å². The van der Waals surface area contributed by atoms with Crippen molar-refractivity contribution in [3.63, 3.8) is 0 Å². The zero-order valence-corrected chi connectivity index (χ0v) is 11.6. The maximum absolute atomic E-state index is 11.8. The molecule has 2 aromatic rings. The van der Waals surface area contributed by atoms with E-state index < -0.39 is 0 Å². The summed E-state index contributed by atoms with van der Waals surface area (Å²) in [4.78, 5) is 16.8. The second-order valence-electron chi connectivity index (χ2n) is 3.85. The Kier molecular flexibility index (Phi) is 4.58. The molecule has 0 saturated heterocycles. The number of rotatable bonds is 3. The van der Waals surface area contributed by atoms with Crippen LogP contribution in [-0.4, -0.2) is 17.3 Å². The molecule has 20 heavy (non-hydrogen) atoms. The molecule has 0 aliphatic heterocycles. The topological polar surface area (TPSA) is 77.8 Å². The minimum absolute atomic E-state index is 0.376. The maximum atomic E-state index is 11.8. The quantitative estimate of drug-likeness (QED) is 0.847. The summed E-state index contributed by atoms with van der Waals surface area (Å²) in [7, 11) is 0. The summed E-state index contributed by atoms with van der Waals surface area (Å²) in [5.74, 6) is 0.391. The Morgan fingerprint density at radius 3 is 2.50 bits per heavy atom. The molecule has 0 aliphatic carbocycles. The van der Waals surface area contributed by atoms with Crippen molar-refractivity contribution in [1.82, 2.24) is 4.98 Å². The van der Waals surface area contributed by atoms with Gasteiger partial charge in [0.05, 0.1) is 5.56 Å². The van der Waals surface area contributed by atoms with Gasteiger partial charge in [-0.05, 0) is 42.7 Å². The van der Waals surface area contributed by atoms with Gasteiger partial charge in [-0.25, -0.2) is 9.78 Å². The molecule has 1 aromatic carbocycles. The minimum atomic E-state index is -0.376. The third-order valence-corrected chi connectivity index (χ3v) is 3.23. The zero-order chi connectivity index (χ0) is 14.4. The van der Waals surface area contributed by atoms with Gasteiger partial charge in [-0.2, -0.15) is 5.26 Å². The highest BCUT2D eigenvalue weighted by Gasteiger charge is 2.03. The molecular weight excluding hydrogens is 272 g/mol. The van der Waals surface area contributed by atoms with Crippen LogP contribution in [0.15, 0.2) is 47.5 Å². The number of anilines is 2. The molecule has 0 aliphatic rings. The normalized spacial score (nSPS) is 9.60. The van der Waals surface area contributed by atoms with Crippen LogP contribution in [0.2, 0.25) is 0 Å². The summed E-state index contributed by atoms with van der Waals surface area (Å²) in [6.45, 7) is 0. The molecule has 2 rings (SSSR count). The van der Waals surface area contributed by atoms with E-state index in [1.165, 1.54) is 6.20 Å². The van der Waals surface area contributed by atoms with Crippen molar-refractivity contribution in [3.8, 4) is 6.07 Å². The number of pyridine rings is 1. The van der Waals surface area contributed by atoms with Gasteiger partial charge >= 0.3 is 6.03 Å². The van der Waals surface area contributed by atoms with Crippen LogP contribution in [0.4, 0.5) is 16.3 Å². The molecule has 0 saturated carbocycles. The number of carbonyl (C=O) groups excluding carboxylic acids is 1. The molecule has 6 heteroatoms. The standard InChI is InChI=1S/C14H12N4OS/c1-20-12-5-3-11(4-6-12)17-14(19)18-13-7-2-10(8-15)9-16-13/h2-7,9H,1H3,(H2,16,17,18,19). The first-order valence-electron chi connectivity index (χ1n) is 5.79. The Bertz CT molecular complexity index is 632. The van der Waals surface area contributed by atoms with Gasteiger partial charge in [-0.15, -0.1) is 11.8 Å². The number of carbonyl (C=O) groups is 1. The second-order valence-corrected chi connectivity index (χ2v) is 4.73. The first-order valence-corrected chi connectivity index (χ1v) is 7.02. The van der Waals surface area contributed by atoms with Crippen LogP contribution in [0.25, 0.3) is 0 Å². The highest BCUT2D eigenvalue weighted by atomic mass is 32.2. The predicted octanol–water partition coefficient (Wildman–Crippen LogP) is 3.32. The number of amides is 2. The third kappa shape index (κ3) is 3.73. The van der Waals surface area contributed by atoms with E-state index in [1.54, 1.807) is 23.9 Å². The number of thioether (sulfide) groups is 1. The van der Waals surface area contributed by atoms with Crippen molar-refractivity contribution >= 4 is 29.3 Å². The van der Waals surface area contributed by atoms with Gasteiger partial charge in [0.2, 0.25) is 0 Å². The Hall–Kier alpha value is -2.52. The average molecular weight is 284 g/mol. The summed E-state index contributed by atoms with van der Waals surface area (Å²) in [5, 5.41) is 14.0. The summed E-state index contributed by atoms with van der Waals surface area (Å²) in [6, 6.07) is 12.3. The van der Waals surface area contributed by atoms with Gasteiger partial charge in [0.1, 0.15) is 11.9 Å². The average Bonchev–Trinajstić information content (AvgIpc) is 2.49. The molecular formula is C14H12N4OS. The summed E-state index contributed by atoms with van der Waals surface area (Å²) < 4.78 is 0. The molecule has 1 heterocycles. The lowest BCUT2D eigenvalue weighted by Gasteiger charge is -2.07. The van der Waals surface area contributed by atoms with Crippen LogP contribution in [0, 0.1) is 11.3 Å². The highest BCUT2D eigenvalue weighted by molar-refractivity contribution is 7.98. The molecule has 0 bridgehead atoms. The molecule has 2 amide bonds. The van der Waals surface area contributed by atoms with Gasteiger partial charge in [0, 0.05) is 16.8 Å². The second kappa shape index (κ2) is 6.59. The van der Waals surface area contributed by atoms with Crippen LogP contribution in [0.5, 0.6) is 0 Å². The molecule has 5 nitrogen and oxygen atoms in total. The molecule has 2 N–H and O–H groups in total. The number of aromatic nitrogens is 1. The Morgan fingerprint density at radius 1 is 1.20 bits per heavy atom. The molecule has 0 spiro atoms. The fraction of sp³-hybridized carbons (Fsp3) is 0.0714. The monoisotopic (exact) mass is 284 g/mol. The van der Waals surface area contributed by atoms with Gasteiger partial charge < -0.3 is 5.32 Å². The Morgan fingerprint density at radius 2 is 1.95 bits per heavy atom. The molecule has 100 valence electrons. The summed E-state index contributed by atoms with van der Waals surface area (Å²) in [5.41, 5.74) is 1.15. The highest BCUT2D eigenvalue weighted by Crippen LogP contribution is 2.17. The fourth-order valence-electron chi connectivity index (χ4n) is 1.49. The van der Waals surface area contributed by atoms with E-state index in [0.717, 1.165) is 4.90 Å². The smallest absolute Gasteiger partial charge is 0.308 e. The first-order chi connectivity index (χ1) is 9.71. The number of nitrogens with one attached hydrogen (secondary N) is 2. The Balaban J connectivity index is 1.95. The summed E-state index contributed by atoms with van der Waals surface area (Å²) in [6.07, 6.45) is 3.40. The van der Waals surface area contributed by atoms with Gasteiger partial charge in [0.25, 0.3) is 0 Å². The van der Waals surface area contributed by atoms with Crippen molar-refractivity contribution in [2.24, 2.45) is 0 Å². The van der Waals surface area contributed by atoms with E-state index >= 15 is 0 Å². The lowest BCUT2D eigenvalue weighted by molar-refractivity contribution is 0.262. The number of hydrogen-bond acceptors (Lipinski definition) is 4. The number of urea groups is 1. The fourth-order valence-corrected chi connectivity index (χ4v) is 1.90. The SMILES string of the molecule is CSc1ccc(NC(=O)Nc2ccc(C#N)cn2)cc1. The van der Waals surface area contributed by atoms with Gasteiger partial charge in [-0.3, -0.25) is 5.32 Å².